The number of halogens is 1. The lowest BCUT2D eigenvalue weighted by atomic mass is 9.91. The van der Waals surface area contributed by atoms with Gasteiger partial charge in [0.15, 0.2) is 0 Å². The number of hydrogen-bond donors (Lipinski definition) is 0. The molecule has 0 bridgehead atoms. The van der Waals surface area contributed by atoms with Crippen LogP contribution in [0.4, 0.5) is 4.79 Å². The second-order valence-electron chi connectivity index (χ2n) is 5.30. The Morgan fingerprint density at radius 2 is 2.15 bits per heavy atom. The molecule has 1 aliphatic heterocycles. The Balaban J connectivity index is 1.91. The highest BCUT2D eigenvalue weighted by Gasteiger charge is 2.25. The van der Waals surface area contributed by atoms with Gasteiger partial charge in [-0.2, -0.15) is 0 Å². The van der Waals surface area contributed by atoms with Crippen molar-refractivity contribution in [1.29, 1.82) is 0 Å². The van der Waals surface area contributed by atoms with Crippen molar-refractivity contribution in [3.63, 3.8) is 0 Å². The summed E-state index contributed by atoms with van der Waals surface area (Å²) in [5.74, 6) is 0.426. The monoisotopic (exact) mass is 339 g/mol. The Kier molecular flexibility index (Phi) is 5.89. The summed E-state index contributed by atoms with van der Waals surface area (Å²) in [6.45, 7) is 4.22. The molecule has 1 unspecified atom stereocenters. The third kappa shape index (κ3) is 4.23. The number of nitrogens with zero attached hydrogens (tertiary/aromatic N) is 1. The third-order valence-corrected chi connectivity index (χ3v) is 4.27. The van der Waals surface area contributed by atoms with E-state index in [-0.39, 0.29) is 6.09 Å². The van der Waals surface area contributed by atoms with E-state index < -0.39 is 0 Å². The van der Waals surface area contributed by atoms with Crippen LogP contribution in [0.15, 0.2) is 28.7 Å². The predicted molar refractivity (Wildman–Crippen MR) is 83.9 cm³/mol. The molecule has 1 amide bonds. The molecule has 0 radical (unpaired) electrons. The van der Waals surface area contributed by atoms with Crippen molar-refractivity contribution in [2.24, 2.45) is 0 Å². The summed E-state index contributed by atoms with van der Waals surface area (Å²) in [5, 5.41) is 0. The summed E-state index contributed by atoms with van der Waals surface area (Å²) in [6.07, 6.45) is 4.02. The first kappa shape index (κ1) is 15.4. The average molecular weight is 340 g/mol. The summed E-state index contributed by atoms with van der Waals surface area (Å²) in [5.41, 5.74) is 1.30. The SMILES string of the molecule is CCCCOC(=O)N1CCCC(c2ccc(Br)cc2)C1. The zero-order valence-corrected chi connectivity index (χ0v) is 13.6. The van der Waals surface area contributed by atoms with Crippen LogP contribution in [0.3, 0.4) is 0 Å². The molecule has 1 aromatic rings. The summed E-state index contributed by atoms with van der Waals surface area (Å²) in [6, 6.07) is 8.41. The number of ether oxygens (including phenoxy) is 1. The zero-order valence-electron chi connectivity index (χ0n) is 12.0. The topological polar surface area (TPSA) is 29.5 Å². The first-order valence-electron chi connectivity index (χ1n) is 7.38. The van der Waals surface area contributed by atoms with Crippen LogP contribution in [0.1, 0.15) is 44.1 Å². The Hall–Kier alpha value is -1.03. The summed E-state index contributed by atoms with van der Waals surface area (Å²) in [4.78, 5) is 13.9. The predicted octanol–water partition coefficient (Wildman–Crippen LogP) is 4.57. The quantitative estimate of drug-likeness (QED) is 0.752. The van der Waals surface area contributed by atoms with Gasteiger partial charge in [-0.05, 0) is 37.0 Å². The second kappa shape index (κ2) is 7.67. The molecule has 1 heterocycles. The van der Waals surface area contributed by atoms with Gasteiger partial charge < -0.3 is 9.64 Å². The van der Waals surface area contributed by atoms with Gasteiger partial charge in [-0.1, -0.05) is 41.4 Å². The van der Waals surface area contributed by atoms with Gasteiger partial charge in [0.1, 0.15) is 0 Å². The number of piperidine rings is 1. The number of unbranched alkanes of at least 4 members (excludes halogenated alkanes) is 1. The number of carbonyl (C=O) groups is 1. The number of likely N-dealkylation sites (tertiary alicyclic amines) is 1. The van der Waals surface area contributed by atoms with Gasteiger partial charge in [-0.25, -0.2) is 4.79 Å². The van der Waals surface area contributed by atoms with Crippen LogP contribution in [-0.2, 0) is 4.74 Å². The van der Waals surface area contributed by atoms with Crippen LogP contribution >= 0.6 is 15.9 Å². The molecule has 4 heteroatoms. The first-order valence-corrected chi connectivity index (χ1v) is 8.17. The molecule has 0 N–H and O–H groups in total. The highest BCUT2D eigenvalue weighted by Crippen LogP contribution is 2.28. The molecule has 3 nitrogen and oxygen atoms in total. The number of carbonyl (C=O) groups excluding carboxylic acids is 1. The molecule has 2 rings (SSSR count). The maximum absolute atomic E-state index is 12.0. The van der Waals surface area contributed by atoms with Crippen LogP contribution in [0.5, 0.6) is 0 Å². The fourth-order valence-corrected chi connectivity index (χ4v) is 2.81. The molecule has 0 aliphatic carbocycles. The molecule has 0 aromatic heterocycles. The minimum Gasteiger partial charge on any atom is -0.449 e. The maximum Gasteiger partial charge on any atom is 0.409 e. The minimum atomic E-state index is -0.153. The molecular formula is C16H22BrNO2. The molecule has 1 saturated heterocycles. The lowest BCUT2D eigenvalue weighted by Gasteiger charge is -2.32. The first-order chi connectivity index (χ1) is 9.70. The fourth-order valence-electron chi connectivity index (χ4n) is 2.55. The fraction of sp³-hybridized carbons (Fsp3) is 0.562. The van der Waals surface area contributed by atoms with E-state index in [1.165, 1.54) is 5.56 Å². The van der Waals surface area contributed by atoms with Crippen molar-refractivity contribution in [1.82, 2.24) is 4.90 Å². The van der Waals surface area contributed by atoms with E-state index in [2.05, 4.69) is 47.1 Å². The van der Waals surface area contributed by atoms with E-state index in [0.29, 0.717) is 12.5 Å². The highest BCUT2D eigenvalue weighted by atomic mass is 79.9. The number of rotatable bonds is 4. The van der Waals surface area contributed by atoms with Crippen molar-refractivity contribution in [2.45, 2.75) is 38.5 Å². The van der Waals surface area contributed by atoms with Crippen molar-refractivity contribution in [3.8, 4) is 0 Å². The molecule has 1 aromatic carbocycles. The smallest absolute Gasteiger partial charge is 0.409 e. The third-order valence-electron chi connectivity index (χ3n) is 3.74. The lowest BCUT2D eigenvalue weighted by molar-refractivity contribution is 0.0904. The van der Waals surface area contributed by atoms with Crippen LogP contribution in [0, 0.1) is 0 Å². The van der Waals surface area contributed by atoms with Gasteiger partial charge in [0, 0.05) is 23.5 Å². The molecule has 1 atom stereocenters. The highest BCUT2D eigenvalue weighted by molar-refractivity contribution is 9.10. The number of benzene rings is 1. The van der Waals surface area contributed by atoms with Crippen molar-refractivity contribution in [3.05, 3.63) is 34.3 Å². The summed E-state index contributed by atoms with van der Waals surface area (Å²) in [7, 11) is 0. The van der Waals surface area contributed by atoms with E-state index in [1.54, 1.807) is 0 Å². The van der Waals surface area contributed by atoms with E-state index in [4.69, 9.17) is 4.74 Å². The van der Waals surface area contributed by atoms with Gasteiger partial charge in [-0.15, -0.1) is 0 Å². The van der Waals surface area contributed by atoms with Gasteiger partial charge in [0.05, 0.1) is 6.61 Å². The van der Waals surface area contributed by atoms with Crippen LogP contribution in [-0.4, -0.2) is 30.7 Å². The van der Waals surface area contributed by atoms with Gasteiger partial charge in [0.2, 0.25) is 0 Å². The average Bonchev–Trinajstić information content (AvgIpc) is 2.48. The summed E-state index contributed by atoms with van der Waals surface area (Å²) < 4.78 is 6.40. The van der Waals surface area contributed by atoms with Gasteiger partial charge >= 0.3 is 6.09 Å². The molecular weight excluding hydrogens is 318 g/mol. The second-order valence-corrected chi connectivity index (χ2v) is 6.22. The van der Waals surface area contributed by atoms with Crippen LogP contribution < -0.4 is 0 Å². The van der Waals surface area contributed by atoms with Crippen LogP contribution in [0.25, 0.3) is 0 Å². The van der Waals surface area contributed by atoms with Crippen LogP contribution in [0.2, 0.25) is 0 Å². The molecule has 0 saturated carbocycles. The maximum atomic E-state index is 12.0. The van der Waals surface area contributed by atoms with Gasteiger partial charge in [0.25, 0.3) is 0 Å². The van der Waals surface area contributed by atoms with Gasteiger partial charge in [-0.3, -0.25) is 0 Å². The largest absolute Gasteiger partial charge is 0.449 e. The van der Waals surface area contributed by atoms with E-state index in [0.717, 1.165) is 43.2 Å². The number of amides is 1. The Bertz CT molecular complexity index is 433. The van der Waals surface area contributed by atoms with E-state index in [1.807, 2.05) is 4.90 Å². The molecule has 1 fully saturated rings. The van der Waals surface area contributed by atoms with Crippen molar-refractivity contribution in [2.75, 3.05) is 19.7 Å². The van der Waals surface area contributed by atoms with Crippen molar-refractivity contribution < 1.29 is 9.53 Å². The molecule has 110 valence electrons. The molecule has 1 aliphatic rings. The Morgan fingerprint density at radius 3 is 2.85 bits per heavy atom. The van der Waals surface area contributed by atoms with E-state index >= 15 is 0 Å². The Morgan fingerprint density at radius 1 is 1.40 bits per heavy atom. The van der Waals surface area contributed by atoms with E-state index in [9.17, 15) is 4.79 Å². The standard InChI is InChI=1S/C16H22BrNO2/c1-2-3-11-20-16(19)18-10-4-5-14(12-18)13-6-8-15(17)9-7-13/h6-9,14H,2-5,10-12H2,1H3. The normalized spacial score (nSPS) is 18.9. The number of hydrogen-bond acceptors (Lipinski definition) is 2. The van der Waals surface area contributed by atoms with Crippen molar-refractivity contribution >= 4 is 22.0 Å². The molecule has 0 spiro atoms. The minimum absolute atomic E-state index is 0.153. The zero-order chi connectivity index (χ0) is 14.4. The summed E-state index contributed by atoms with van der Waals surface area (Å²) >= 11 is 3.46. The Labute approximate surface area is 129 Å². The lowest BCUT2D eigenvalue weighted by Crippen LogP contribution is -2.39. The molecule has 20 heavy (non-hydrogen) atoms.